The zero-order valence-corrected chi connectivity index (χ0v) is 14.5. The number of anilines is 2. The van der Waals surface area contributed by atoms with Gasteiger partial charge in [0.1, 0.15) is 5.82 Å². The number of aryl methyl sites for hydroxylation is 1. The van der Waals surface area contributed by atoms with Crippen molar-refractivity contribution in [3.8, 4) is 0 Å². The lowest BCUT2D eigenvalue weighted by Crippen LogP contribution is -2.47. The summed E-state index contributed by atoms with van der Waals surface area (Å²) >= 11 is 0. The minimum Gasteiger partial charge on any atom is -0.368 e. The molecule has 3 rings (SSSR count). The van der Waals surface area contributed by atoms with Crippen molar-refractivity contribution in [1.29, 1.82) is 0 Å². The van der Waals surface area contributed by atoms with Crippen LogP contribution in [0.5, 0.6) is 0 Å². The fourth-order valence-electron chi connectivity index (χ4n) is 3.24. The van der Waals surface area contributed by atoms with Gasteiger partial charge in [-0.1, -0.05) is 18.2 Å². The number of hydrogen-bond acceptors (Lipinski definition) is 4. The quantitative estimate of drug-likeness (QED) is 0.884. The second kappa shape index (κ2) is 7.95. The van der Waals surface area contributed by atoms with Crippen LogP contribution in [0, 0.1) is 0 Å². The summed E-state index contributed by atoms with van der Waals surface area (Å²) in [5.74, 6) is 0.592. The second-order valence-electron chi connectivity index (χ2n) is 6.40. The maximum atomic E-state index is 12.7. The molecule has 0 amide bonds. The molecule has 26 heavy (non-hydrogen) atoms. The molecule has 1 saturated heterocycles. The van der Waals surface area contributed by atoms with E-state index in [2.05, 4.69) is 22.0 Å². The lowest BCUT2D eigenvalue weighted by Gasteiger charge is -2.37. The lowest BCUT2D eigenvalue weighted by atomic mass is 10.1. The molecule has 1 fully saturated rings. The van der Waals surface area contributed by atoms with Crippen molar-refractivity contribution in [3.63, 3.8) is 0 Å². The fraction of sp³-hybridized carbons (Fsp3) is 0.421. The Hall–Kier alpha value is -2.28. The maximum Gasteiger partial charge on any atom is 0.417 e. The molecule has 4 nitrogen and oxygen atoms in total. The first kappa shape index (κ1) is 18.5. The van der Waals surface area contributed by atoms with Crippen molar-refractivity contribution >= 4 is 11.5 Å². The van der Waals surface area contributed by atoms with E-state index in [1.165, 1.54) is 17.3 Å². The van der Waals surface area contributed by atoms with Crippen LogP contribution in [0.15, 0.2) is 42.6 Å². The summed E-state index contributed by atoms with van der Waals surface area (Å²) in [4.78, 5) is 8.35. The Bertz CT molecular complexity index is 707. The van der Waals surface area contributed by atoms with Crippen LogP contribution >= 0.6 is 0 Å². The molecule has 1 aromatic carbocycles. The van der Waals surface area contributed by atoms with E-state index in [1.54, 1.807) is 0 Å². The number of rotatable bonds is 5. The highest BCUT2D eigenvalue weighted by Crippen LogP contribution is 2.30. The van der Waals surface area contributed by atoms with Gasteiger partial charge in [-0.2, -0.15) is 13.2 Å². The zero-order valence-electron chi connectivity index (χ0n) is 14.5. The topological polar surface area (TPSA) is 45.4 Å². The van der Waals surface area contributed by atoms with Gasteiger partial charge in [0.2, 0.25) is 0 Å². The van der Waals surface area contributed by atoms with Crippen LogP contribution in [0.1, 0.15) is 17.5 Å². The van der Waals surface area contributed by atoms with E-state index >= 15 is 0 Å². The van der Waals surface area contributed by atoms with Crippen LogP contribution < -0.4 is 15.5 Å². The van der Waals surface area contributed by atoms with Gasteiger partial charge >= 0.3 is 6.18 Å². The Morgan fingerprint density at radius 1 is 0.962 bits per heavy atom. The molecule has 0 radical (unpaired) electrons. The lowest BCUT2D eigenvalue weighted by molar-refractivity contribution is -0.137. The van der Waals surface area contributed by atoms with Crippen molar-refractivity contribution in [2.45, 2.75) is 19.0 Å². The Labute approximate surface area is 151 Å². The first-order chi connectivity index (χ1) is 12.5. The van der Waals surface area contributed by atoms with E-state index in [4.69, 9.17) is 5.73 Å². The number of piperazine rings is 1. The van der Waals surface area contributed by atoms with E-state index in [-0.39, 0.29) is 0 Å². The highest BCUT2D eigenvalue weighted by molar-refractivity contribution is 5.55. The molecule has 0 atom stereocenters. The Balaban J connectivity index is 1.64. The first-order valence-corrected chi connectivity index (χ1v) is 8.80. The molecule has 2 aromatic rings. The van der Waals surface area contributed by atoms with Crippen molar-refractivity contribution in [3.05, 3.63) is 53.7 Å². The van der Waals surface area contributed by atoms with Gasteiger partial charge in [0, 0.05) is 38.1 Å². The predicted octanol–water partition coefficient (Wildman–Crippen LogP) is 3.32. The number of nitrogens with zero attached hydrogens (tertiary/aromatic N) is 3. The van der Waals surface area contributed by atoms with Crippen molar-refractivity contribution < 1.29 is 13.2 Å². The number of aromatic nitrogens is 1. The summed E-state index contributed by atoms with van der Waals surface area (Å²) in [7, 11) is 0. The largest absolute Gasteiger partial charge is 0.417 e. The Morgan fingerprint density at radius 3 is 2.27 bits per heavy atom. The van der Waals surface area contributed by atoms with E-state index in [0.717, 1.165) is 51.3 Å². The number of hydrogen-bond donors (Lipinski definition) is 1. The third-order valence-electron chi connectivity index (χ3n) is 4.66. The van der Waals surface area contributed by atoms with Crippen molar-refractivity contribution in [2.75, 3.05) is 42.5 Å². The SMILES string of the molecule is NCCCc1ccccc1N1CCN(c2ccc(C(F)(F)F)cn2)CC1. The second-order valence-corrected chi connectivity index (χ2v) is 6.40. The van der Waals surface area contributed by atoms with Gasteiger partial charge in [0.15, 0.2) is 0 Å². The summed E-state index contributed by atoms with van der Waals surface area (Å²) in [6.45, 7) is 3.74. The molecule has 0 bridgehead atoms. The van der Waals surface area contributed by atoms with Gasteiger partial charge in [0.25, 0.3) is 0 Å². The van der Waals surface area contributed by atoms with Crippen LogP contribution in [0.2, 0.25) is 0 Å². The third-order valence-corrected chi connectivity index (χ3v) is 4.66. The zero-order chi connectivity index (χ0) is 18.6. The maximum absolute atomic E-state index is 12.7. The minimum atomic E-state index is -4.35. The molecule has 2 heterocycles. The van der Waals surface area contributed by atoms with Crippen LogP contribution in [0.3, 0.4) is 0 Å². The Morgan fingerprint density at radius 2 is 1.65 bits per heavy atom. The number of pyridine rings is 1. The fourth-order valence-corrected chi connectivity index (χ4v) is 3.24. The van der Waals surface area contributed by atoms with Gasteiger partial charge < -0.3 is 15.5 Å². The van der Waals surface area contributed by atoms with E-state index in [9.17, 15) is 13.2 Å². The van der Waals surface area contributed by atoms with Crippen molar-refractivity contribution in [2.24, 2.45) is 5.73 Å². The van der Waals surface area contributed by atoms with Crippen molar-refractivity contribution in [1.82, 2.24) is 4.98 Å². The van der Waals surface area contributed by atoms with Gasteiger partial charge in [-0.15, -0.1) is 0 Å². The van der Waals surface area contributed by atoms with E-state index < -0.39 is 11.7 Å². The molecule has 0 saturated carbocycles. The van der Waals surface area contributed by atoms with Crippen LogP contribution in [0.25, 0.3) is 0 Å². The third kappa shape index (κ3) is 4.27. The standard InChI is InChI=1S/C19H23F3N4/c20-19(21,22)16-7-8-18(24-14-16)26-12-10-25(11-13-26)17-6-2-1-4-15(17)5-3-9-23/h1-2,4,6-8,14H,3,5,9-13,23H2. The monoisotopic (exact) mass is 364 g/mol. The van der Waals surface area contributed by atoms with Gasteiger partial charge in [-0.05, 0) is 43.1 Å². The molecular weight excluding hydrogens is 341 g/mol. The molecule has 1 aromatic heterocycles. The number of para-hydroxylation sites is 1. The van der Waals surface area contributed by atoms with E-state index in [1.807, 2.05) is 17.0 Å². The molecule has 2 N–H and O–H groups in total. The molecule has 7 heteroatoms. The summed E-state index contributed by atoms with van der Waals surface area (Å²) in [5.41, 5.74) is 7.43. The smallest absolute Gasteiger partial charge is 0.368 e. The number of halogens is 3. The molecule has 1 aliphatic heterocycles. The van der Waals surface area contributed by atoms with Gasteiger partial charge in [-0.25, -0.2) is 4.98 Å². The van der Waals surface area contributed by atoms with Crippen LogP contribution in [-0.2, 0) is 12.6 Å². The number of benzene rings is 1. The summed E-state index contributed by atoms with van der Waals surface area (Å²) in [6.07, 6.45) is -1.54. The molecule has 0 unspecified atom stereocenters. The Kier molecular flexibility index (Phi) is 5.66. The first-order valence-electron chi connectivity index (χ1n) is 8.80. The highest BCUT2D eigenvalue weighted by atomic mass is 19.4. The number of alkyl halides is 3. The predicted molar refractivity (Wildman–Crippen MR) is 97.5 cm³/mol. The summed E-state index contributed by atoms with van der Waals surface area (Å²) in [5, 5.41) is 0. The summed E-state index contributed by atoms with van der Waals surface area (Å²) in [6, 6.07) is 10.9. The highest BCUT2D eigenvalue weighted by Gasteiger charge is 2.31. The van der Waals surface area contributed by atoms with E-state index in [0.29, 0.717) is 12.4 Å². The van der Waals surface area contributed by atoms with Gasteiger partial charge in [-0.3, -0.25) is 0 Å². The minimum absolute atomic E-state index is 0.592. The average molecular weight is 364 g/mol. The molecule has 0 aliphatic carbocycles. The summed E-state index contributed by atoms with van der Waals surface area (Å²) < 4.78 is 38.0. The molecule has 0 spiro atoms. The van der Waals surface area contributed by atoms with Crippen LogP contribution in [-0.4, -0.2) is 37.7 Å². The number of nitrogens with two attached hydrogens (primary N) is 1. The van der Waals surface area contributed by atoms with Gasteiger partial charge in [0.05, 0.1) is 5.56 Å². The van der Waals surface area contributed by atoms with Crippen LogP contribution in [0.4, 0.5) is 24.7 Å². The molecule has 1 aliphatic rings. The molecule has 140 valence electrons. The normalized spacial score (nSPS) is 15.4. The average Bonchev–Trinajstić information content (AvgIpc) is 2.66. The molecular formula is C19H23F3N4.